The zero-order valence-corrected chi connectivity index (χ0v) is 8.67. The van der Waals surface area contributed by atoms with Gasteiger partial charge in [0.15, 0.2) is 18.4 Å². The normalized spacial score (nSPS) is 26.1. The maximum absolute atomic E-state index is 10.9. The number of rotatable bonds is 2. The molecule has 3 heteroatoms. The molecule has 3 nitrogen and oxygen atoms in total. The fraction of sp³-hybridized carbons (Fsp3) is 0.500. The maximum Gasteiger partial charge on any atom is 0.306 e. The van der Waals surface area contributed by atoms with Crippen LogP contribution in [-0.4, -0.2) is 11.1 Å². The van der Waals surface area contributed by atoms with E-state index in [1.54, 1.807) is 0 Å². The predicted octanol–water partition coefficient (Wildman–Crippen LogP) is 1.79. The highest BCUT2D eigenvalue weighted by atomic mass is 16.4. The zero-order chi connectivity index (χ0) is 10.7. The lowest BCUT2D eigenvalue weighted by atomic mass is 9.85. The third kappa shape index (κ3) is 2.35. The van der Waals surface area contributed by atoms with Crippen LogP contribution in [0, 0.1) is 5.92 Å². The number of hydrogen-bond donors (Lipinski definition) is 1. The topological polar surface area (TPSA) is 41.2 Å². The van der Waals surface area contributed by atoms with Crippen LogP contribution in [0.15, 0.2) is 30.6 Å². The van der Waals surface area contributed by atoms with Crippen molar-refractivity contribution in [3.05, 3.63) is 30.6 Å². The molecule has 15 heavy (non-hydrogen) atoms. The smallest absolute Gasteiger partial charge is 0.306 e. The number of hydrogen-bond acceptors (Lipinski definition) is 1. The van der Waals surface area contributed by atoms with Gasteiger partial charge in [0.2, 0.25) is 0 Å². The standard InChI is InChI=1S/C12H15NO2/c14-12(15)10-5-4-6-11(9-10)13-7-2-1-3-8-13/h1-3,7-8,10-11H,4-6,9H2/p+1. The number of carboxylic acids is 1. The average Bonchev–Trinajstić information content (AvgIpc) is 2.30. The van der Waals surface area contributed by atoms with Crippen molar-refractivity contribution in [2.45, 2.75) is 31.7 Å². The van der Waals surface area contributed by atoms with E-state index >= 15 is 0 Å². The Bertz CT molecular complexity index is 337. The minimum atomic E-state index is -0.642. The van der Waals surface area contributed by atoms with Gasteiger partial charge in [0.1, 0.15) is 0 Å². The van der Waals surface area contributed by atoms with Crippen LogP contribution in [0.4, 0.5) is 0 Å². The number of carbonyl (C=O) groups is 1. The molecule has 0 spiro atoms. The molecule has 1 fully saturated rings. The Morgan fingerprint density at radius 2 is 1.93 bits per heavy atom. The first-order chi connectivity index (χ1) is 7.27. The second-order valence-electron chi connectivity index (χ2n) is 4.18. The summed E-state index contributed by atoms with van der Waals surface area (Å²) in [6, 6.07) is 6.32. The van der Waals surface area contributed by atoms with Crippen LogP contribution in [0.3, 0.4) is 0 Å². The van der Waals surface area contributed by atoms with E-state index in [2.05, 4.69) is 4.57 Å². The quantitative estimate of drug-likeness (QED) is 0.749. The monoisotopic (exact) mass is 206 g/mol. The molecule has 1 heterocycles. The van der Waals surface area contributed by atoms with Crippen molar-refractivity contribution in [1.29, 1.82) is 0 Å². The lowest BCUT2D eigenvalue weighted by Crippen LogP contribution is -2.42. The molecule has 2 atom stereocenters. The number of pyridine rings is 1. The molecular weight excluding hydrogens is 190 g/mol. The van der Waals surface area contributed by atoms with Crippen LogP contribution >= 0.6 is 0 Å². The summed E-state index contributed by atoms with van der Waals surface area (Å²) in [4.78, 5) is 10.9. The van der Waals surface area contributed by atoms with Crippen molar-refractivity contribution >= 4 is 5.97 Å². The highest BCUT2D eigenvalue weighted by Gasteiger charge is 2.31. The molecule has 0 aliphatic heterocycles. The Labute approximate surface area is 89.4 Å². The van der Waals surface area contributed by atoms with E-state index in [1.807, 2.05) is 30.6 Å². The third-order valence-corrected chi connectivity index (χ3v) is 3.16. The summed E-state index contributed by atoms with van der Waals surface area (Å²) in [5, 5.41) is 8.99. The Balaban J connectivity index is 2.08. The second kappa shape index (κ2) is 4.43. The van der Waals surface area contributed by atoms with Crippen molar-refractivity contribution in [2.75, 3.05) is 0 Å². The number of nitrogens with zero attached hydrogens (tertiary/aromatic N) is 1. The molecule has 2 rings (SSSR count). The first-order valence-corrected chi connectivity index (χ1v) is 5.46. The van der Waals surface area contributed by atoms with Gasteiger partial charge in [0.05, 0.1) is 5.92 Å². The van der Waals surface area contributed by atoms with Gasteiger partial charge in [0, 0.05) is 25.0 Å². The van der Waals surface area contributed by atoms with E-state index < -0.39 is 5.97 Å². The molecular formula is C12H16NO2+. The Morgan fingerprint density at radius 3 is 2.60 bits per heavy atom. The minimum Gasteiger partial charge on any atom is -0.481 e. The third-order valence-electron chi connectivity index (χ3n) is 3.16. The molecule has 1 aliphatic carbocycles. The van der Waals surface area contributed by atoms with Gasteiger partial charge >= 0.3 is 5.97 Å². The van der Waals surface area contributed by atoms with E-state index in [9.17, 15) is 4.79 Å². The first kappa shape index (κ1) is 10.1. The minimum absolute atomic E-state index is 0.156. The highest BCUT2D eigenvalue weighted by molar-refractivity contribution is 5.70. The summed E-state index contributed by atoms with van der Waals surface area (Å²) in [6.07, 6.45) is 7.76. The largest absolute Gasteiger partial charge is 0.481 e. The Morgan fingerprint density at radius 1 is 1.20 bits per heavy atom. The molecule has 0 aromatic carbocycles. The maximum atomic E-state index is 10.9. The van der Waals surface area contributed by atoms with Crippen molar-refractivity contribution in [3.8, 4) is 0 Å². The zero-order valence-electron chi connectivity index (χ0n) is 8.67. The summed E-state index contributed by atoms with van der Waals surface area (Å²) in [7, 11) is 0. The van der Waals surface area contributed by atoms with Crippen LogP contribution in [0.1, 0.15) is 31.7 Å². The second-order valence-corrected chi connectivity index (χ2v) is 4.18. The Kier molecular flexibility index (Phi) is 2.99. The fourth-order valence-electron chi connectivity index (χ4n) is 2.31. The lowest BCUT2D eigenvalue weighted by Gasteiger charge is -2.22. The Hall–Kier alpha value is -1.38. The van der Waals surface area contributed by atoms with Gasteiger partial charge in [-0.05, 0) is 12.8 Å². The van der Waals surface area contributed by atoms with Gasteiger partial charge < -0.3 is 5.11 Å². The van der Waals surface area contributed by atoms with Gasteiger partial charge in [-0.3, -0.25) is 4.79 Å². The molecule has 1 aliphatic rings. The molecule has 0 saturated heterocycles. The summed E-state index contributed by atoms with van der Waals surface area (Å²) in [5.41, 5.74) is 0. The molecule has 1 aromatic rings. The van der Waals surface area contributed by atoms with E-state index in [0.29, 0.717) is 6.04 Å². The van der Waals surface area contributed by atoms with Crippen LogP contribution in [0.25, 0.3) is 0 Å². The van der Waals surface area contributed by atoms with Gasteiger partial charge in [-0.2, -0.15) is 0 Å². The lowest BCUT2D eigenvalue weighted by molar-refractivity contribution is -0.726. The van der Waals surface area contributed by atoms with Crippen LogP contribution in [-0.2, 0) is 4.79 Å². The molecule has 0 radical (unpaired) electrons. The van der Waals surface area contributed by atoms with Crippen molar-refractivity contribution in [1.82, 2.24) is 0 Å². The van der Waals surface area contributed by atoms with E-state index in [1.165, 1.54) is 0 Å². The summed E-state index contributed by atoms with van der Waals surface area (Å²) < 4.78 is 2.13. The fourth-order valence-corrected chi connectivity index (χ4v) is 2.31. The molecule has 1 aromatic heterocycles. The van der Waals surface area contributed by atoms with Crippen LogP contribution in [0.5, 0.6) is 0 Å². The van der Waals surface area contributed by atoms with Gasteiger partial charge in [-0.25, -0.2) is 4.57 Å². The SMILES string of the molecule is O=C(O)C1CCCC([n+]2ccccc2)C1. The van der Waals surface area contributed by atoms with Gasteiger partial charge in [0.25, 0.3) is 0 Å². The molecule has 1 N–H and O–H groups in total. The average molecular weight is 206 g/mol. The molecule has 0 amide bonds. The van der Waals surface area contributed by atoms with Crippen molar-refractivity contribution < 1.29 is 14.5 Å². The van der Waals surface area contributed by atoms with E-state index in [0.717, 1.165) is 25.7 Å². The van der Waals surface area contributed by atoms with E-state index in [4.69, 9.17) is 5.11 Å². The highest BCUT2D eigenvalue weighted by Crippen LogP contribution is 2.29. The number of carboxylic acid groups (broad SMARTS) is 1. The molecule has 80 valence electrons. The van der Waals surface area contributed by atoms with Crippen molar-refractivity contribution in [3.63, 3.8) is 0 Å². The van der Waals surface area contributed by atoms with E-state index in [-0.39, 0.29) is 5.92 Å². The van der Waals surface area contributed by atoms with Crippen molar-refractivity contribution in [2.24, 2.45) is 5.92 Å². The van der Waals surface area contributed by atoms with Crippen LogP contribution < -0.4 is 4.57 Å². The first-order valence-electron chi connectivity index (χ1n) is 5.46. The molecule has 2 unspecified atom stereocenters. The predicted molar refractivity (Wildman–Crippen MR) is 55.3 cm³/mol. The number of aromatic nitrogens is 1. The summed E-state index contributed by atoms with van der Waals surface area (Å²) in [5.74, 6) is -0.798. The summed E-state index contributed by atoms with van der Waals surface area (Å²) >= 11 is 0. The summed E-state index contributed by atoms with van der Waals surface area (Å²) in [6.45, 7) is 0. The van der Waals surface area contributed by atoms with Crippen LogP contribution in [0.2, 0.25) is 0 Å². The van der Waals surface area contributed by atoms with Gasteiger partial charge in [-0.15, -0.1) is 0 Å². The van der Waals surface area contributed by atoms with Gasteiger partial charge in [-0.1, -0.05) is 6.07 Å². The molecule has 0 bridgehead atoms. The number of aliphatic carboxylic acids is 1. The molecule has 1 saturated carbocycles.